The molecule has 6 heteroatoms. The molecule has 0 bridgehead atoms. The Balaban J connectivity index is 1.82. The second-order valence-electron chi connectivity index (χ2n) is 5.79. The molecule has 21 heavy (non-hydrogen) atoms. The lowest BCUT2D eigenvalue weighted by atomic mass is 9.66. The van der Waals surface area contributed by atoms with Gasteiger partial charge in [-0.1, -0.05) is 6.42 Å². The molecule has 0 radical (unpaired) electrons. The van der Waals surface area contributed by atoms with E-state index >= 15 is 0 Å². The molecule has 1 aromatic rings. The summed E-state index contributed by atoms with van der Waals surface area (Å²) in [5.41, 5.74) is 0.755. The molecular weight excluding hydrogens is 270 g/mol. The fourth-order valence-electron chi connectivity index (χ4n) is 2.65. The van der Waals surface area contributed by atoms with Crippen LogP contribution in [0.15, 0.2) is 24.5 Å². The molecule has 0 unspecified atom stereocenters. The second-order valence-corrected chi connectivity index (χ2v) is 5.79. The van der Waals surface area contributed by atoms with E-state index in [-0.39, 0.29) is 17.9 Å². The average Bonchev–Trinajstić information content (AvgIpc) is 2.42. The summed E-state index contributed by atoms with van der Waals surface area (Å²) in [6.07, 6.45) is 6.28. The maximum absolute atomic E-state index is 12.1. The number of aliphatic carboxylic acids is 1. The predicted octanol–water partition coefficient (Wildman–Crippen LogP) is 1.87. The van der Waals surface area contributed by atoms with Crippen LogP contribution in [0.2, 0.25) is 0 Å². The fourth-order valence-corrected chi connectivity index (χ4v) is 2.65. The molecule has 0 spiro atoms. The highest BCUT2D eigenvalue weighted by molar-refractivity contribution is 5.74. The molecule has 1 fully saturated rings. The summed E-state index contributed by atoms with van der Waals surface area (Å²) < 4.78 is 0. The number of nitrogens with one attached hydrogen (secondary N) is 1. The van der Waals surface area contributed by atoms with E-state index in [4.69, 9.17) is 5.11 Å². The normalized spacial score (nSPS) is 15.9. The molecule has 0 atom stereocenters. The number of carbonyl (C=O) groups excluding carboxylic acids is 1. The van der Waals surface area contributed by atoms with Gasteiger partial charge in [-0.05, 0) is 36.0 Å². The Kier molecular flexibility index (Phi) is 4.77. The lowest BCUT2D eigenvalue weighted by Gasteiger charge is -2.41. The molecule has 2 amide bonds. The van der Waals surface area contributed by atoms with Crippen molar-refractivity contribution in [1.29, 1.82) is 0 Å². The van der Waals surface area contributed by atoms with Crippen LogP contribution in [0.25, 0.3) is 0 Å². The zero-order valence-corrected chi connectivity index (χ0v) is 12.2. The Morgan fingerprint density at radius 2 is 2.05 bits per heavy atom. The van der Waals surface area contributed by atoms with Crippen LogP contribution in [0.3, 0.4) is 0 Å². The van der Waals surface area contributed by atoms with Crippen molar-refractivity contribution in [2.24, 2.45) is 5.41 Å². The zero-order valence-electron chi connectivity index (χ0n) is 12.2. The van der Waals surface area contributed by atoms with Gasteiger partial charge in [0.1, 0.15) is 0 Å². The van der Waals surface area contributed by atoms with Crippen LogP contribution in [0.1, 0.15) is 31.2 Å². The van der Waals surface area contributed by atoms with Crippen LogP contribution in [-0.2, 0) is 11.3 Å². The Hall–Kier alpha value is -2.11. The summed E-state index contributed by atoms with van der Waals surface area (Å²) in [4.78, 5) is 28.5. The molecule has 2 rings (SSSR count). The summed E-state index contributed by atoms with van der Waals surface area (Å²) >= 11 is 0. The van der Waals surface area contributed by atoms with Gasteiger partial charge in [0.15, 0.2) is 0 Å². The summed E-state index contributed by atoms with van der Waals surface area (Å²) in [7, 11) is 1.72. The summed E-state index contributed by atoms with van der Waals surface area (Å²) in [5.74, 6) is -0.797. The topological polar surface area (TPSA) is 82.5 Å². The molecule has 1 aromatic heterocycles. The summed E-state index contributed by atoms with van der Waals surface area (Å²) in [6.45, 7) is 0.930. The minimum absolute atomic E-state index is 0.126. The average molecular weight is 291 g/mol. The molecular formula is C15H21N3O3. The highest BCUT2D eigenvalue weighted by atomic mass is 16.4. The van der Waals surface area contributed by atoms with E-state index in [9.17, 15) is 9.59 Å². The molecule has 0 aliphatic heterocycles. The summed E-state index contributed by atoms with van der Waals surface area (Å²) in [5, 5.41) is 11.8. The van der Waals surface area contributed by atoms with Crippen molar-refractivity contribution in [3.05, 3.63) is 30.1 Å². The monoisotopic (exact) mass is 291 g/mol. The van der Waals surface area contributed by atoms with Crippen LogP contribution >= 0.6 is 0 Å². The van der Waals surface area contributed by atoms with Gasteiger partial charge in [-0.2, -0.15) is 0 Å². The number of urea groups is 1. The molecule has 1 aliphatic rings. The number of carboxylic acids is 1. The number of amides is 2. The SMILES string of the molecule is CN(Cc1ccncc1)C(=O)NCC1(CC(=O)O)CCC1. The van der Waals surface area contributed by atoms with Gasteiger partial charge >= 0.3 is 12.0 Å². The van der Waals surface area contributed by atoms with Gasteiger partial charge in [-0.15, -0.1) is 0 Å². The van der Waals surface area contributed by atoms with Crippen molar-refractivity contribution < 1.29 is 14.7 Å². The van der Waals surface area contributed by atoms with Crippen LogP contribution in [0, 0.1) is 5.41 Å². The maximum atomic E-state index is 12.1. The van der Waals surface area contributed by atoms with Crippen LogP contribution in [-0.4, -0.2) is 40.6 Å². The van der Waals surface area contributed by atoms with Crippen LogP contribution in [0.4, 0.5) is 4.79 Å². The first-order chi connectivity index (χ1) is 10.0. The van der Waals surface area contributed by atoms with E-state index in [0.717, 1.165) is 24.8 Å². The standard InChI is InChI=1S/C15H21N3O3/c1-18(10-12-3-7-16-8-4-12)14(21)17-11-15(5-2-6-15)9-13(19)20/h3-4,7-8H,2,5-6,9-11H2,1H3,(H,17,21)(H,19,20). The first-order valence-electron chi connectivity index (χ1n) is 7.10. The lowest BCUT2D eigenvalue weighted by molar-refractivity contribution is -0.141. The van der Waals surface area contributed by atoms with Gasteiger partial charge in [0.25, 0.3) is 0 Å². The number of nitrogens with zero attached hydrogens (tertiary/aromatic N) is 2. The van der Waals surface area contributed by atoms with Gasteiger partial charge in [-0.3, -0.25) is 9.78 Å². The molecule has 0 aromatic carbocycles. The number of hydrogen-bond donors (Lipinski definition) is 2. The van der Waals surface area contributed by atoms with Crippen molar-refractivity contribution in [3.8, 4) is 0 Å². The molecule has 0 saturated heterocycles. The zero-order chi connectivity index (χ0) is 15.3. The first kappa shape index (κ1) is 15.3. The Bertz CT molecular complexity index is 500. The molecule has 1 saturated carbocycles. The van der Waals surface area contributed by atoms with E-state index in [2.05, 4.69) is 10.3 Å². The third-order valence-corrected chi connectivity index (χ3v) is 4.07. The van der Waals surface area contributed by atoms with E-state index in [1.54, 1.807) is 24.3 Å². The van der Waals surface area contributed by atoms with Gasteiger partial charge in [0, 0.05) is 32.5 Å². The Labute approximate surface area is 124 Å². The van der Waals surface area contributed by atoms with Crippen molar-refractivity contribution in [1.82, 2.24) is 15.2 Å². The summed E-state index contributed by atoms with van der Waals surface area (Å²) in [6, 6.07) is 3.55. The van der Waals surface area contributed by atoms with Crippen molar-refractivity contribution >= 4 is 12.0 Å². The smallest absolute Gasteiger partial charge is 0.317 e. The molecule has 6 nitrogen and oxygen atoms in total. The number of carboxylic acid groups (broad SMARTS) is 1. The Morgan fingerprint density at radius 1 is 1.38 bits per heavy atom. The second kappa shape index (κ2) is 6.56. The highest BCUT2D eigenvalue weighted by Gasteiger charge is 2.39. The van der Waals surface area contributed by atoms with Crippen molar-refractivity contribution in [2.45, 2.75) is 32.2 Å². The Morgan fingerprint density at radius 3 is 2.57 bits per heavy atom. The number of rotatable bonds is 6. The fraction of sp³-hybridized carbons (Fsp3) is 0.533. The number of aromatic nitrogens is 1. The van der Waals surface area contributed by atoms with E-state index in [1.165, 1.54) is 0 Å². The highest BCUT2D eigenvalue weighted by Crippen LogP contribution is 2.43. The number of pyridine rings is 1. The van der Waals surface area contributed by atoms with Crippen molar-refractivity contribution in [3.63, 3.8) is 0 Å². The van der Waals surface area contributed by atoms with E-state index in [1.807, 2.05) is 12.1 Å². The largest absolute Gasteiger partial charge is 0.481 e. The quantitative estimate of drug-likeness (QED) is 0.838. The number of hydrogen-bond acceptors (Lipinski definition) is 3. The molecule has 114 valence electrons. The van der Waals surface area contributed by atoms with E-state index in [0.29, 0.717) is 13.1 Å². The minimum Gasteiger partial charge on any atom is -0.481 e. The van der Waals surface area contributed by atoms with Crippen LogP contribution in [0.5, 0.6) is 0 Å². The predicted molar refractivity (Wildman–Crippen MR) is 77.6 cm³/mol. The lowest BCUT2D eigenvalue weighted by Crippen LogP contribution is -2.46. The van der Waals surface area contributed by atoms with Gasteiger partial charge in [0.05, 0.1) is 6.42 Å². The third kappa shape index (κ3) is 4.18. The van der Waals surface area contributed by atoms with Crippen molar-refractivity contribution in [2.75, 3.05) is 13.6 Å². The van der Waals surface area contributed by atoms with Gasteiger partial charge < -0.3 is 15.3 Å². The molecule has 1 heterocycles. The maximum Gasteiger partial charge on any atom is 0.317 e. The third-order valence-electron chi connectivity index (χ3n) is 4.07. The van der Waals surface area contributed by atoms with E-state index < -0.39 is 5.97 Å². The van der Waals surface area contributed by atoms with Gasteiger partial charge in [0.2, 0.25) is 0 Å². The first-order valence-corrected chi connectivity index (χ1v) is 7.10. The number of carbonyl (C=O) groups is 2. The molecule has 2 N–H and O–H groups in total. The minimum atomic E-state index is -0.797. The molecule has 1 aliphatic carbocycles. The van der Waals surface area contributed by atoms with Crippen LogP contribution < -0.4 is 5.32 Å². The van der Waals surface area contributed by atoms with Gasteiger partial charge in [-0.25, -0.2) is 4.79 Å².